The van der Waals surface area contributed by atoms with Gasteiger partial charge in [0.05, 0.1) is 0 Å². The fourth-order valence-corrected chi connectivity index (χ4v) is 4.83. The van der Waals surface area contributed by atoms with Crippen molar-refractivity contribution < 1.29 is 4.79 Å². The number of rotatable bonds is 3. The topological polar surface area (TPSA) is 20.3 Å². The van der Waals surface area contributed by atoms with Crippen molar-refractivity contribution in [3.63, 3.8) is 0 Å². The maximum absolute atomic E-state index is 12.4. The number of hydrogen-bond acceptors (Lipinski definition) is 3. The Kier molecular flexibility index (Phi) is 4.23. The minimum absolute atomic E-state index is 0.215. The fraction of sp³-hybridized carbons (Fsp3) is 0.350. The lowest BCUT2D eigenvalue weighted by Crippen LogP contribution is -2.34. The standard InChI is InChI=1S/C20H21NOS/c22-20(15-6-2-1-3-7-15)23-19-10-11-21(14-19)18-12-16-8-4-5-9-17(16)13-18/h1-9,18-19H,10-14H2/t19-/m0/s1. The third-order valence-electron chi connectivity index (χ3n) is 5.01. The summed E-state index contributed by atoms with van der Waals surface area (Å²) >= 11 is 1.53. The number of hydrogen-bond donors (Lipinski definition) is 0. The third-order valence-corrected chi connectivity index (χ3v) is 6.17. The van der Waals surface area contributed by atoms with Crippen LogP contribution in [0.15, 0.2) is 54.6 Å². The first kappa shape index (κ1) is 15.0. The van der Waals surface area contributed by atoms with E-state index >= 15 is 0 Å². The van der Waals surface area contributed by atoms with Gasteiger partial charge in [0.25, 0.3) is 0 Å². The lowest BCUT2D eigenvalue weighted by molar-refractivity contribution is 0.108. The molecule has 1 fully saturated rings. The minimum atomic E-state index is 0.215. The molecule has 2 aliphatic rings. The molecule has 4 rings (SSSR count). The monoisotopic (exact) mass is 323 g/mol. The van der Waals surface area contributed by atoms with Gasteiger partial charge >= 0.3 is 0 Å². The van der Waals surface area contributed by atoms with E-state index in [0.717, 1.165) is 25.1 Å². The van der Waals surface area contributed by atoms with Crippen LogP contribution in [-0.2, 0) is 12.8 Å². The number of benzene rings is 2. The maximum Gasteiger partial charge on any atom is 0.219 e. The largest absolute Gasteiger partial charge is 0.299 e. The van der Waals surface area contributed by atoms with Gasteiger partial charge in [-0.1, -0.05) is 66.4 Å². The van der Waals surface area contributed by atoms with Crippen LogP contribution in [0.25, 0.3) is 0 Å². The second-order valence-corrected chi connectivity index (χ2v) is 7.78. The summed E-state index contributed by atoms with van der Waals surface area (Å²) in [6.45, 7) is 2.17. The first-order chi connectivity index (χ1) is 11.3. The molecule has 1 heterocycles. The van der Waals surface area contributed by atoms with Crippen molar-refractivity contribution in [2.45, 2.75) is 30.6 Å². The zero-order chi connectivity index (χ0) is 15.6. The fourth-order valence-electron chi connectivity index (χ4n) is 3.77. The molecular formula is C20H21NOS. The predicted octanol–water partition coefficient (Wildman–Crippen LogP) is 3.80. The van der Waals surface area contributed by atoms with E-state index < -0.39 is 0 Å². The van der Waals surface area contributed by atoms with Crippen LogP contribution in [0.5, 0.6) is 0 Å². The van der Waals surface area contributed by atoms with Crippen LogP contribution in [0.3, 0.4) is 0 Å². The Morgan fingerprint density at radius 1 is 0.957 bits per heavy atom. The SMILES string of the molecule is O=C(S[C@H]1CCN(C2Cc3ccccc3C2)C1)c1ccccc1. The molecule has 0 bridgehead atoms. The van der Waals surface area contributed by atoms with Gasteiger partial charge in [-0.25, -0.2) is 0 Å². The number of thioether (sulfide) groups is 1. The van der Waals surface area contributed by atoms with Gasteiger partial charge in [-0.15, -0.1) is 0 Å². The number of nitrogens with zero attached hydrogens (tertiary/aromatic N) is 1. The van der Waals surface area contributed by atoms with E-state index in [1.807, 2.05) is 30.3 Å². The molecule has 1 atom stereocenters. The van der Waals surface area contributed by atoms with E-state index in [0.29, 0.717) is 11.3 Å². The van der Waals surface area contributed by atoms with E-state index in [2.05, 4.69) is 29.2 Å². The molecule has 1 aliphatic carbocycles. The Hall–Kier alpha value is -1.58. The predicted molar refractivity (Wildman–Crippen MR) is 96.0 cm³/mol. The highest BCUT2D eigenvalue weighted by atomic mass is 32.2. The summed E-state index contributed by atoms with van der Waals surface area (Å²) in [5.74, 6) is 0. The number of fused-ring (bicyclic) bond motifs is 1. The van der Waals surface area contributed by atoms with Crippen LogP contribution >= 0.6 is 11.8 Å². The Morgan fingerprint density at radius 2 is 1.61 bits per heavy atom. The van der Waals surface area contributed by atoms with Crippen molar-refractivity contribution in [2.24, 2.45) is 0 Å². The molecule has 2 aromatic rings. The van der Waals surface area contributed by atoms with Gasteiger partial charge in [0.2, 0.25) is 5.12 Å². The van der Waals surface area contributed by atoms with E-state index in [-0.39, 0.29) is 5.12 Å². The molecule has 0 saturated carbocycles. The normalized spacial score (nSPS) is 21.5. The summed E-state index contributed by atoms with van der Waals surface area (Å²) in [6.07, 6.45) is 3.45. The third kappa shape index (κ3) is 3.22. The van der Waals surface area contributed by atoms with Gasteiger partial charge < -0.3 is 0 Å². The van der Waals surface area contributed by atoms with Crippen molar-refractivity contribution in [1.29, 1.82) is 0 Å². The summed E-state index contributed by atoms with van der Waals surface area (Å²) in [5, 5.41) is 0.651. The van der Waals surface area contributed by atoms with Crippen LogP contribution in [0.4, 0.5) is 0 Å². The Balaban J connectivity index is 1.35. The molecule has 118 valence electrons. The maximum atomic E-state index is 12.4. The van der Waals surface area contributed by atoms with E-state index in [9.17, 15) is 4.79 Å². The van der Waals surface area contributed by atoms with E-state index in [1.165, 1.54) is 35.7 Å². The summed E-state index contributed by atoms with van der Waals surface area (Å²) in [4.78, 5) is 14.9. The average molecular weight is 323 g/mol. The zero-order valence-corrected chi connectivity index (χ0v) is 14.0. The molecule has 23 heavy (non-hydrogen) atoms. The van der Waals surface area contributed by atoms with Crippen molar-refractivity contribution in [3.8, 4) is 0 Å². The van der Waals surface area contributed by atoms with Gasteiger partial charge in [-0.3, -0.25) is 9.69 Å². The average Bonchev–Trinajstić information content (AvgIpc) is 3.21. The number of carbonyl (C=O) groups is 1. The highest BCUT2D eigenvalue weighted by Crippen LogP contribution is 2.31. The molecule has 1 saturated heterocycles. The van der Waals surface area contributed by atoms with E-state index in [4.69, 9.17) is 0 Å². The van der Waals surface area contributed by atoms with Gasteiger partial charge in [0.1, 0.15) is 0 Å². The summed E-state index contributed by atoms with van der Waals surface area (Å²) in [7, 11) is 0. The quantitative estimate of drug-likeness (QED) is 0.857. The van der Waals surface area contributed by atoms with Gasteiger partial charge in [-0.2, -0.15) is 0 Å². The molecule has 0 radical (unpaired) electrons. The Morgan fingerprint density at radius 3 is 2.30 bits per heavy atom. The summed E-state index contributed by atoms with van der Waals surface area (Å²) < 4.78 is 0. The second kappa shape index (κ2) is 6.50. The summed E-state index contributed by atoms with van der Waals surface area (Å²) in [5.41, 5.74) is 3.84. The first-order valence-electron chi connectivity index (χ1n) is 8.36. The molecule has 0 spiro atoms. The Labute approximate surface area is 141 Å². The van der Waals surface area contributed by atoms with Crippen LogP contribution in [-0.4, -0.2) is 34.4 Å². The second-order valence-electron chi connectivity index (χ2n) is 6.51. The minimum Gasteiger partial charge on any atom is -0.299 e. The van der Waals surface area contributed by atoms with Gasteiger partial charge in [0, 0.05) is 23.4 Å². The molecule has 1 aliphatic heterocycles. The highest BCUT2D eigenvalue weighted by Gasteiger charge is 2.33. The summed E-state index contributed by atoms with van der Waals surface area (Å²) in [6, 6.07) is 19.1. The van der Waals surface area contributed by atoms with Crippen molar-refractivity contribution >= 4 is 16.9 Å². The molecular weight excluding hydrogens is 302 g/mol. The van der Waals surface area contributed by atoms with Gasteiger partial charge in [-0.05, 0) is 36.9 Å². The van der Waals surface area contributed by atoms with E-state index in [1.54, 1.807) is 0 Å². The van der Waals surface area contributed by atoms with Crippen molar-refractivity contribution in [1.82, 2.24) is 4.90 Å². The van der Waals surface area contributed by atoms with Gasteiger partial charge in [0.15, 0.2) is 0 Å². The molecule has 0 amide bonds. The molecule has 3 heteroatoms. The number of carbonyl (C=O) groups excluding carboxylic acids is 1. The lowest BCUT2D eigenvalue weighted by atomic mass is 10.1. The van der Waals surface area contributed by atoms with Crippen LogP contribution in [0.1, 0.15) is 27.9 Å². The number of likely N-dealkylation sites (tertiary alicyclic amines) is 1. The molecule has 0 aromatic heterocycles. The van der Waals surface area contributed by atoms with Crippen LogP contribution < -0.4 is 0 Å². The smallest absolute Gasteiger partial charge is 0.219 e. The Bertz CT molecular complexity index is 675. The molecule has 2 aromatic carbocycles. The molecule has 0 unspecified atom stereocenters. The molecule has 2 nitrogen and oxygen atoms in total. The van der Waals surface area contributed by atoms with Crippen molar-refractivity contribution in [3.05, 3.63) is 71.3 Å². The lowest BCUT2D eigenvalue weighted by Gasteiger charge is -2.23. The van der Waals surface area contributed by atoms with Crippen LogP contribution in [0.2, 0.25) is 0 Å². The first-order valence-corrected chi connectivity index (χ1v) is 9.24. The van der Waals surface area contributed by atoms with Crippen molar-refractivity contribution in [2.75, 3.05) is 13.1 Å². The highest BCUT2D eigenvalue weighted by molar-refractivity contribution is 8.14. The zero-order valence-electron chi connectivity index (χ0n) is 13.2. The molecule has 0 N–H and O–H groups in total. The van der Waals surface area contributed by atoms with Crippen LogP contribution in [0, 0.1) is 0 Å².